The number of aromatic amines is 1. The van der Waals surface area contributed by atoms with Gasteiger partial charge in [-0.2, -0.15) is 15.4 Å². The molecule has 5 rings (SSSR count). The van der Waals surface area contributed by atoms with Crippen LogP contribution in [-0.4, -0.2) is 15.4 Å². The molecule has 0 fully saturated rings. The molecule has 3 nitrogen and oxygen atoms in total. The average molecular weight is 321 g/mol. The van der Waals surface area contributed by atoms with Crippen LogP contribution in [0.4, 0.5) is 0 Å². The van der Waals surface area contributed by atoms with Crippen LogP contribution >= 0.6 is 0 Å². The Kier molecular flexibility index (Phi) is 3.10. The van der Waals surface area contributed by atoms with E-state index in [4.69, 9.17) is 0 Å². The van der Waals surface area contributed by atoms with Gasteiger partial charge in [-0.3, -0.25) is 0 Å². The molecule has 0 amide bonds. The molecule has 4 aromatic carbocycles. The molecule has 0 bridgehead atoms. The predicted molar refractivity (Wildman–Crippen MR) is 102 cm³/mol. The number of hydrogen-bond donors (Lipinski definition) is 1. The van der Waals surface area contributed by atoms with Crippen LogP contribution < -0.4 is 0 Å². The molecular formula is C22H15N3. The number of fused-ring (bicyclic) bond motifs is 2. The van der Waals surface area contributed by atoms with Crippen molar-refractivity contribution in [1.29, 1.82) is 0 Å². The highest BCUT2D eigenvalue weighted by Gasteiger charge is 2.18. The largest absolute Gasteiger partial charge is 0.197 e. The molecule has 0 spiro atoms. The van der Waals surface area contributed by atoms with E-state index in [9.17, 15) is 0 Å². The summed E-state index contributed by atoms with van der Waals surface area (Å²) in [5.74, 6) is 0. The molecule has 3 heteroatoms. The molecule has 0 unspecified atom stereocenters. The molecular weight excluding hydrogens is 306 g/mol. The Morgan fingerprint density at radius 1 is 0.480 bits per heavy atom. The summed E-state index contributed by atoms with van der Waals surface area (Å²) in [6.45, 7) is 0. The second kappa shape index (κ2) is 5.56. The number of nitrogens with zero attached hydrogens (tertiary/aromatic N) is 2. The standard InChI is InChI=1S/C22H15N3/c1-3-9-15(10-4-1)19-17-13-7-8-14-18(17)20(16-11-5-2-6-12-16)22-21(19)23-25-24-22/h1-14H,(H,23,24,25). The Balaban J connectivity index is 2.00. The fraction of sp³-hybridized carbons (Fsp3) is 0. The lowest BCUT2D eigenvalue weighted by molar-refractivity contribution is 0.960. The normalized spacial score (nSPS) is 11.2. The van der Waals surface area contributed by atoms with Crippen molar-refractivity contribution in [2.45, 2.75) is 0 Å². The van der Waals surface area contributed by atoms with Gasteiger partial charge in [-0.1, -0.05) is 84.9 Å². The van der Waals surface area contributed by atoms with Crippen molar-refractivity contribution in [1.82, 2.24) is 15.4 Å². The second-order valence-corrected chi connectivity index (χ2v) is 6.05. The fourth-order valence-corrected chi connectivity index (χ4v) is 3.55. The van der Waals surface area contributed by atoms with Crippen molar-refractivity contribution >= 4 is 21.8 Å². The van der Waals surface area contributed by atoms with Crippen LogP contribution in [0.25, 0.3) is 44.1 Å². The maximum atomic E-state index is 4.50. The summed E-state index contributed by atoms with van der Waals surface area (Å²) < 4.78 is 0. The van der Waals surface area contributed by atoms with E-state index in [2.05, 4.69) is 88.2 Å². The maximum absolute atomic E-state index is 4.50. The van der Waals surface area contributed by atoms with Crippen molar-refractivity contribution in [2.75, 3.05) is 0 Å². The van der Waals surface area contributed by atoms with Crippen LogP contribution in [0.2, 0.25) is 0 Å². The smallest absolute Gasteiger partial charge is 0.122 e. The molecule has 0 aliphatic carbocycles. The molecule has 1 aromatic heterocycles. The number of H-pyrrole nitrogens is 1. The van der Waals surface area contributed by atoms with Crippen LogP contribution in [0, 0.1) is 0 Å². The van der Waals surface area contributed by atoms with Gasteiger partial charge in [0, 0.05) is 11.1 Å². The number of rotatable bonds is 2. The summed E-state index contributed by atoms with van der Waals surface area (Å²) in [5.41, 5.74) is 6.36. The van der Waals surface area contributed by atoms with E-state index < -0.39 is 0 Å². The molecule has 0 radical (unpaired) electrons. The summed E-state index contributed by atoms with van der Waals surface area (Å²) >= 11 is 0. The molecule has 0 aliphatic heterocycles. The molecule has 0 saturated heterocycles. The highest BCUT2D eigenvalue weighted by atomic mass is 15.3. The number of benzene rings is 4. The SMILES string of the molecule is c1ccc(-c2c3ccccc3c(-c3ccccc3)c3n[nH]nc23)cc1. The Hall–Kier alpha value is -3.46. The van der Waals surface area contributed by atoms with Gasteiger partial charge < -0.3 is 0 Å². The van der Waals surface area contributed by atoms with Gasteiger partial charge in [0.1, 0.15) is 11.0 Å². The van der Waals surface area contributed by atoms with Gasteiger partial charge in [0.15, 0.2) is 0 Å². The minimum Gasteiger partial charge on any atom is -0.197 e. The highest BCUT2D eigenvalue weighted by molar-refractivity contribution is 6.18. The third kappa shape index (κ3) is 2.13. The third-order valence-corrected chi connectivity index (χ3v) is 4.61. The van der Waals surface area contributed by atoms with Crippen LogP contribution in [0.1, 0.15) is 0 Å². The quantitative estimate of drug-likeness (QED) is 0.470. The van der Waals surface area contributed by atoms with Gasteiger partial charge >= 0.3 is 0 Å². The molecule has 1 heterocycles. The maximum Gasteiger partial charge on any atom is 0.122 e. The summed E-state index contributed by atoms with van der Waals surface area (Å²) in [6.07, 6.45) is 0. The van der Waals surface area contributed by atoms with Crippen LogP contribution in [-0.2, 0) is 0 Å². The number of hydrogen-bond acceptors (Lipinski definition) is 2. The molecule has 5 aromatic rings. The highest BCUT2D eigenvalue weighted by Crippen LogP contribution is 2.41. The molecule has 1 N–H and O–H groups in total. The van der Waals surface area contributed by atoms with Crippen LogP contribution in [0.5, 0.6) is 0 Å². The van der Waals surface area contributed by atoms with Crippen molar-refractivity contribution in [3.8, 4) is 22.3 Å². The lowest BCUT2D eigenvalue weighted by atomic mass is 9.90. The summed E-state index contributed by atoms with van der Waals surface area (Å²) in [7, 11) is 0. The van der Waals surface area contributed by atoms with E-state index in [1.54, 1.807) is 0 Å². The topological polar surface area (TPSA) is 41.6 Å². The Bertz CT molecular complexity index is 1080. The van der Waals surface area contributed by atoms with E-state index in [1.165, 1.54) is 10.8 Å². The van der Waals surface area contributed by atoms with E-state index in [-0.39, 0.29) is 0 Å². The molecule has 0 saturated carbocycles. The zero-order valence-electron chi connectivity index (χ0n) is 13.5. The average Bonchev–Trinajstić information content (AvgIpc) is 3.16. The Labute approximate surface area is 144 Å². The minimum atomic E-state index is 0.906. The van der Waals surface area contributed by atoms with Gasteiger partial charge in [-0.05, 0) is 21.9 Å². The minimum absolute atomic E-state index is 0.906. The first-order valence-corrected chi connectivity index (χ1v) is 8.29. The van der Waals surface area contributed by atoms with E-state index in [0.717, 1.165) is 33.3 Å². The molecule has 0 aliphatic rings. The molecule has 25 heavy (non-hydrogen) atoms. The first kappa shape index (κ1) is 13.9. The molecule has 118 valence electrons. The zero-order valence-corrected chi connectivity index (χ0v) is 13.5. The lowest BCUT2D eigenvalue weighted by Crippen LogP contribution is -1.90. The van der Waals surface area contributed by atoms with Gasteiger partial charge in [0.25, 0.3) is 0 Å². The van der Waals surface area contributed by atoms with Crippen LogP contribution in [0.15, 0.2) is 84.9 Å². The van der Waals surface area contributed by atoms with E-state index in [1.807, 2.05) is 12.1 Å². The summed E-state index contributed by atoms with van der Waals surface area (Å²) in [5, 5.41) is 14.2. The fourth-order valence-electron chi connectivity index (χ4n) is 3.55. The van der Waals surface area contributed by atoms with Gasteiger partial charge in [-0.15, -0.1) is 0 Å². The predicted octanol–water partition coefficient (Wildman–Crippen LogP) is 5.45. The number of aromatic nitrogens is 3. The van der Waals surface area contributed by atoms with E-state index >= 15 is 0 Å². The van der Waals surface area contributed by atoms with Gasteiger partial charge in [-0.25, -0.2) is 0 Å². The van der Waals surface area contributed by atoms with Gasteiger partial charge in [0.2, 0.25) is 0 Å². The second-order valence-electron chi connectivity index (χ2n) is 6.05. The third-order valence-electron chi connectivity index (χ3n) is 4.61. The monoisotopic (exact) mass is 321 g/mol. The first-order valence-electron chi connectivity index (χ1n) is 8.29. The van der Waals surface area contributed by atoms with Crippen LogP contribution in [0.3, 0.4) is 0 Å². The number of nitrogens with one attached hydrogen (secondary N) is 1. The van der Waals surface area contributed by atoms with Crippen molar-refractivity contribution in [3.05, 3.63) is 84.9 Å². The zero-order chi connectivity index (χ0) is 16.6. The van der Waals surface area contributed by atoms with E-state index in [0.29, 0.717) is 0 Å². The van der Waals surface area contributed by atoms with Gasteiger partial charge in [0.05, 0.1) is 0 Å². The molecule has 0 atom stereocenters. The Morgan fingerprint density at radius 3 is 1.32 bits per heavy atom. The van der Waals surface area contributed by atoms with Crippen molar-refractivity contribution < 1.29 is 0 Å². The Morgan fingerprint density at radius 2 is 0.880 bits per heavy atom. The van der Waals surface area contributed by atoms with Crippen molar-refractivity contribution in [2.24, 2.45) is 0 Å². The van der Waals surface area contributed by atoms with Crippen molar-refractivity contribution in [3.63, 3.8) is 0 Å². The summed E-state index contributed by atoms with van der Waals surface area (Å²) in [6, 6.07) is 29.3. The summed E-state index contributed by atoms with van der Waals surface area (Å²) in [4.78, 5) is 0. The first-order chi connectivity index (χ1) is 12.4. The lowest BCUT2D eigenvalue weighted by Gasteiger charge is -2.13.